The normalized spacial score (nSPS) is 21.5. The highest BCUT2D eigenvalue weighted by Crippen LogP contribution is 2.14. The van der Waals surface area contributed by atoms with Gasteiger partial charge in [-0.05, 0) is 26.5 Å². The van der Waals surface area contributed by atoms with Gasteiger partial charge in [-0.1, -0.05) is 6.08 Å². The van der Waals surface area contributed by atoms with Gasteiger partial charge in [0, 0.05) is 6.54 Å². The number of nitrogens with zero attached hydrogens (tertiary/aromatic N) is 1. The van der Waals surface area contributed by atoms with Gasteiger partial charge in [-0.2, -0.15) is 0 Å². The molecule has 68 valence electrons. The van der Waals surface area contributed by atoms with Gasteiger partial charge in [0.1, 0.15) is 6.04 Å². The number of likely N-dealkylation sites (N-methyl/N-ethyl adjacent to an activating group) is 1. The minimum Gasteiger partial charge on any atom is -0.464 e. The van der Waals surface area contributed by atoms with E-state index in [9.17, 15) is 4.79 Å². The first-order chi connectivity index (χ1) is 5.79. The van der Waals surface area contributed by atoms with Crippen LogP contribution in [0.2, 0.25) is 0 Å². The summed E-state index contributed by atoms with van der Waals surface area (Å²) in [4.78, 5) is 13.3. The topological polar surface area (TPSA) is 29.5 Å². The highest BCUT2D eigenvalue weighted by atomic mass is 16.5. The zero-order valence-electron chi connectivity index (χ0n) is 7.62. The van der Waals surface area contributed by atoms with E-state index in [0.29, 0.717) is 6.61 Å². The number of hydrogen-bond donors (Lipinski definition) is 0. The third-order valence-corrected chi connectivity index (χ3v) is 1.98. The van der Waals surface area contributed by atoms with E-state index in [1.807, 2.05) is 31.0 Å². The van der Waals surface area contributed by atoms with Crippen molar-refractivity contribution in [2.24, 2.45) is 0 Å². The van der Waals surface area contributed by atoms with Gasteiger partial charge in [-0.15, -0.1) is 0 Å². The second-order valence-corrected chi connectivity index (χ2v) is 2.72. The molecule has 1 heterocycles. The summed E-state index contributed by atoms with van der Waals surface area (Å²) in [5, 5.41) is 0. The molecule has 12 heavy (non-hydrogen) atoms. The van der Waals surface area contributed by atoms with E-state index in [1.165, 1.54) is 0 Å². The van der Waals surface area contributed by atoms with Crippen LogP contribution in [0.25, 0.3) is 0 Å². The Labute approximate surface area is 73.0 Å². The molecule has 1 aliphatic heterocycles. The molecular weight excluding hydrogens is 154 g/mol. The van der Waals surface area contributed by atoms with Crippen LogP contribution < -0.4 is 0 Å². The molecule has 3 nitrogen and oxygen atoms in total. The molecule has 0 spiro atoms. The summed E-state index contributed by atoms with van der Waals surface area (Å²) in [5.41, 5.74) is 0. The van der Waals surface area contributed by atoms with E-state index in [2.05, 4.69) is 0 Å². The van der Waals surface area contributed by atoms with E-state index in [4.69, 9.17) is 4.74 Å². The summed E-state index contributed by atoms with van der Waals surface area (Å²) in [7, 11) is 0. The molecule has 0 fully saturated rings. The molecule has 0 aromatic carbocycles. The van der Waals surface area contributed by atoms with E-state index in [-0.39, 0.29) is 12.0 Å². The first-order valence-corrected chi connectivity index (χ1v) is 4.38. The molecule has 0 bridgehead atoms. The molecule has 1 unspecified atom stereocenters. The van der Waals surface area contributed by atoms with Crippen molar-refractivity contribution >= 4 is 5.97 Å². The minimum absolute atomic E-state index is 0.0741. The zero-order chi connectivity index (χ0) is 8.97. The molecule has 3 heteroatoms. The fourth-order valence-electron chi connectivity index (χ4n) is 1.36. The number of carbonyl (C=O) groups is 1. The lowest BCUT2D eigenvalue weighted by Crippen LogP contribution is -2.35. The maximum atomic E-state index is 11.3. The van der Waals surface area contributed by atoms with Crippen LogP contribution in [0.5, 0.6) is 0 Å². The number of rotatable bonds is 3. The smallest absolute Gasteiger partial charge is 0.329 e. The Morgan fingerprint density at radius 3 is 3.00 bits per heavy atom. The predicted octanol–water partition coefficient (Wildman–Crippen LogP) is 1.16. The van der Waals surface area contributed by atoms with Gasteiger partial charge in [-0.25, -0.2) is 4.79 Å². The Morgan fingerprint density at radius 2 is 2.42 bits per heavy atom. The fourth-order valence-corrected chi connectivity index (χ4v) is 1.36. The van der Waals surface area contributed by atoms with Crippen LogP contribution in [-0.2, 0) is 9.53 Å². The van der Waals surface area contributed by atoms with Gasteiger partial charge in [0.05, 0.1) is 6.61 Å². The SMILES string of the molecule is CCOC(=O)C1CC=CN1CC. The van der Waals surface area contributed by atoms with E-state index in [1.54, 1.807) is 0 Å². The van der Waals surface area contributed by atoms with Crippen LogP contribution in [0.15, 0.2) is 12.3 Å². The molecule has 0 aromatic heterocycles. The third-order valence-electron chi connectivity index (χ3n) is 1.98. The van der Waals surface area contributed by atoms with Crippen LogP contribution in [0.1, 0.15) is 20.3 Å². The number of carbonyl (C=O) groups excluding carboxylic acids is 1. The molecule has 0 amide bonds. The maximum absolute atomic E-state index is 11.3. The van der Waals surface area contributed by atoms with Crippen LogP contribution in [0.3, 0.4) is 0 Å². The first kappa shape index (κ1) is 9.10. The molecule has 0 aliphatic carbocycles. The average Bonchev–Trinajstić information content (AvgIpc) is 2.51. The van der Waals surface area contributed by atoms with Crippen molar-refractivity contribution in [2.45, 2.75) is 26.3 Å². The third kappa shape index (κ3) is 1.78. The quantitative estimate of drug-likeness (QED) is 0.594. The van der Waals surface area contributed by atoms with Gasteiger partial charge >= 0.3 is 5.97 Å². The molecule has 0 aromatic rings. The molecule has 0 saturated heterocycles. The predicted molar refractivity (Wildman–Crippen MR) is 46.6 cm³/mol. The Hall–Kier alpha value is -0.990. The molecule has 1 rings (SSSR count). The van der Waals surface area contributed by atoms with E-state index in [0.717, 1.165) is 13.0 Å². The van der Waals surface area contributed by atoms with Crippen LogP contribution in [0, 0.1) is 0 Å². The highest BCUT2D eigenvalue weighted by molar-refractivity contribution is 5.76. The summed E-state index contributed by atoms with van der Waals surface area (Å²) in [5.74, 6) is -0.107. The largest absolute Gasteiger partial charge is 0.464 e. The lowest BCUT2D eigenvalue weighted by molar-refractivity contribution is -0.147. The summed E-state index contributed by atoms with van der Waals surface area (Å²) in [6.45, 7) is 5.19. The maximum Gasteiger partial charge on any atom is 0.329 e. The molecular formula is C9H15NO2. The second-order valence-electron chi connectivity index (χ2n) is 2.72. The standard InChI is InChI=1S/C9H15NO2/c1-3-10-7-5-6-8(10)9(11)12-4-2/h5,7-8H,3-4,6H2,1-2H3. The number of hydrogen-bond acceptors (Lipinski definition) is 3. The second kappa shape index (κ2) is 4.14. The van der Waals surface area contributed by atoms with Gasteiger partial charge < -0.3 is 9.64 Å². The van der Waals surface area contributed by atoms with Crippen molar-refractivity contribution in [3.05, 3.63) is 12.3 Å². The number of esters is 1. The lowest BCUT2D eigenvalue weighted by Gasteiger charge is -2.21. The molecule has 0 saturated carbocycles. The van der Waals surface area contributed by atoms with Gasteiger partial charge in [0.25, 0.3) is 0 Å². The molecule has 0 radical (unpaired) electrons. The summed E-state index contributed by atoms with van der Waals surface area (Å²) in [6.07, 6.45) is 4.75. The van der Waals surface area contributed by atoms with E-state index >= 15 is 0 Å². The zero-order valence-corrected chi connectivity index (χ0v) is 7.62. The number of ether oxygens (including phenoxy) is 1. The van der Waals surface area contributed by atoms with Crippen LogP contribution in [0.4, 0.5) is 0 Å². The summed E-state index contributed by atoms with van der Waals surface area (Å²) in [6, 6.07) is -0.0741. The lowest BCUT2D eigenvalue weighted by atomic mass is 10.2. The van der Waals surface area contributed by atoms with Crippen molar-refractivity contribution in [1.29, 1.82) is 0 Å². The highest BCUT2D eigenvalue weighted by Gasteiger charge is 2.26. The van der Waals surface area contributed by atoms with Crippen molar-refractivity contribution in [3.63, 3.8) is 0 Å². The Kier molecular flexibility index (Phi) is 3.14. The minimum atomic E-state index is -0.107. The van der Waals surface area contributed by atoms with Crippen LogP contribution in [-0.4, -0.2) is 30.1 Å². The van der Waals surface area contributed by atoms with E-state index < -0.39 is 0 Å². The Morgan fingerprint density at radius 1 is 1.67 bits per heavy atom. The fraction of sp³-hybridized carbons (Fsp3) is 0.667. The molecule has 0 N–H and O–H groups in total. The monoisotopic (exact) mass is 169 g/mol. The van der Waals surface area contributed by atoms with Crippen LogP contribution >= 0.6 is 0 Å². The van der Waals surface area contributed by atoms with Gasteiger partial charge in [0.2, 0.25) is 0 Å². The Bertz CT molecular complexity index is 189. The van der Waals surface area contributed by atoms with Crippen molar-refractivity contribution in [1.82, 2.24) is 4.90 Å². The summed E-state index contributed by atoms with van der Waals surface area (Å²) < 4.78 is 4.94. The van der Waals surface area contributed by atoms with Gasteiger partial charge in [-0.3, -0.25) is 0 Å². The van der Waals surface area contributed by atoms with Crippen molar-refractivity contribution in [3.8, 4) is 0 Å². The summed E-state index contributed by atoms with van der Waals surface area (Å²) >= 11 is 0. The Balaban J connectivity index is 2.46. The molecule has 1 aliphatic rings. The molecule has 1 atom stereocenters. The average molecular weight is 169 g/mol. The van der Waals surface area contributed by atoms with Gasteiger partial charge in [0.15, 0.2) is 0 Å². The van der Waals surface area contributed by atoms with Crippen molar-refractivity contribution in [2.75, 3.05) is 13.2 Å². The first-order valence-electron chi connectivity index (χ1n) is 4.38. The van der Waals surface area contributed by atoms with Crippen molar-refractivity contribution < 1.29 is 9.53 Å².